The van der Waals surface area contributed by atoms with Crippen LogP contribution in [0.1, 0.15) is 123 Å². The van der Waals surface area contributed by atoms with Crippen LogP contribution in [-0.4, -0.2) is 29.4 Å². The molecule has 0 aromatic rings. The van der Waals surface area contributed by atoms with E-state index in [0.29, 0.717) is 6.42 Å². The molecule has 0 bridgehead atoms. The first-order valence-electron chi connectivity index (χ1n) is 11.0. The van der Waals surface area contributed by atoms with Crippen LogP contribution >= 0.6 is 0 Å². The fourth-order valence-corrected chi connectivity index (χ4v) is 3.85. The number of aliphatic hydroxyl groups is 1. The van der Waals surface area contributed by atoms with E-state index in [1.165, 1.54) is 70.6 Å². The lowest BCUT2D eigenvalue weighted by Gasteiger charge is -2.08. The topological polar surface area (TPSA) is 74.6 Å². The zero-order valence-electron chi connectivity index (χ0n) is 17.3. The first-order chi connectivity index (χ1) is 12.4. The van der Waals surface area contributed by atoms with Gasteiger partial charge in [0, 0.05) is 0 Å². The Labute approximate surface area is 162 Å². The molecule has 5 heteroatoms. The average molecular weight is 393 g/mol. The molecule has 0 aromatic heterocycles. The number of aliphatic hydroxyl groups excluding tert-OH is 1. The zero-order chi connectivity index (χ0) is 19.7. The fraction of sp³-hybridized carbons (Fsp3) is 1.00. The summed E-state index contributed by atoms with van der Waals surface area (Å²) in [6.07, 6.45) is 19.5. The van der Waals surface area contributed by atoms with E-state index in [1.807, 2.05) is 0 Å². The Hall–Kier alpha value is -0.130. The largest absolute Gasteiger partial charge is 0.393 e. The predicted octanol–water partition coefficient (Wildman–Crippen LogP) is 6.28. The summed E-state index contributed by atoms with van der Waals surface area (Å²) < 4.78 is 30.7. The quantitative estimate of drug-likeness (QED) is 0.200. The smallest absolute Gasteiger partial charge is 0.267 e. The maximum Gasteiger partial charge on any atom is 0.267 e. The summed E-state index contributed by atoms with van der Waals surface area (Å²) in [6.45, 7) is 3.70. The van der Waals surface area contributed by atoms with E-state index in [0.717, 1.165) is 32.1 Å². The maximum atomic E-state index is 10.9. The molecule has 0 amide bonds. The van der Waals surface area contributed by atoms with E-state index in [4.69, 9.17) is 4.55 Å². The minimum atomic E-state index is -3.84. The van der Waals surface area contributed by atoms with Crippen molar-refractivity contribution in [3.8, 4) is 0 Å². The predicted molar refractivity (Wildman–Crippen MR) is 111 cm³/mol. The molecule has 4 nitrogen and oxygen atoms in total. The van der Waals surface area contributed by atoms with Gasteiger partial charge in [0.25, 0.3) is 10.1 Å². The van der Waals surface area contributed by atoms with Gasteiger partial charge in [-0.25, -0.2) is 0 Å². The second kappa shape index (κ2) is 17.0. The molecule has 0 aliphatic carbocycles. The lowest BCUT2D eigenvalue weighted by Crippen LogP contribution is -2.16. The third kappa shape index (κ3) is 17.3. The minimum absolute atomic E-state index is 0.0777. The van der Waals surface area contributed by atoms with Crippen molar-refractivity contribution in [1.29, 1.82) is 0 Å². The molecule has 2 atom stereocenters. The first kappa shape index (κ1) is 25.9. The van der Waals surface area contributed by atoms with E-state index in [1.54, 1.807) is 6.92 Å². The summed E-state index contributed by atoms with van der Waals surface area (Å²) >= 11 is 0. The molecular formula is C21H44O4S. The van der Waals surface area contributed by atoms with Crippen LogP contribution in [-0.2, 0) is 10.1 Å². The van der Waals surface area contributed by atoms with Crippen LogP contribution in [0.3, 0.4) is 0 Å². The van der Waals surface area contributed by atoms with Crippen LogP contribution in [0.25, 0.3) is 0 Å². The Morgan fingerprint density at radius 1 is 0.654 bits per heavy atom. The standard InChI is InChI=1S/C21H44O4S/c1-3-17-21(22)19-16-14-12-10-8-6-4-5-7-9-11-13-15-18-20(2)26(23,24)25/h20-22H,3-19H2,1-2H3,(H,23,24,25). The molecule has 0 aliphatic heterocycles. The fourth-order valence-electron chi connectivity index (χ4n) is 3.38. The number of rotatable bonds is 19. The molecule has 0 fully saturated rings. The van der Waals surface area contributed by atoms with E-state index in [-0.39, 0.29) is 6.10 Å². The van der Waals surface area contributed by atoms with E-state index >= 15 is 0 Å². The molecule has 0 saturated carbocycles. The van der Waals surface area contributed by atoms with Crippen molar-refractivity contribution in [2.45, 2.75) is 134 Å². The van der Waals surface area contributed by atoms with Crippen LogP contribution in [0.4, 0.5) is 0 Å². The number of unbranched alkanes of at least 4 members (excludes halogenated alkanes) is 12. The second-order valence-electron chi connectivity index (χ2n) is 7.94. The lowest BCUT2D eigenvalue weighted by molar-refractivity contribution is 0.150. The molecule has 0 saturated heterocycles. The van der Waals surface area contributed by atoms with Gasteiger partial charge in [-0.05, 0) is 26.2 Å². The third-order valence-electron chi connectivity index (χ3n) is 5.28. The molecule has 0 aromatic carbocycles. The highest BCUT2D eigenvalue weighted by Gasteiger charge is 2.15. The van der Waals surface area contributed by atoms with Crippen LogP contribution in [0, 0.1) is 0 Å². The highest BCUT2D eigenvalue weighted by Crippen LogP contribution is 2.15. The van der Waals surface area contributed by atoms with Crippen molar-refractivity contribution in [3.05, 3.63) is 0 Å². The van der Waals surface area contributed by atoms with Gasteiger partial charge >= 0.3 is 0 Å². The van der Waals surface area contributed by atoms with Gasteiger partial charge in [0.15, 0.2) is 0 Å². The Bertz CT molecular complexity index is 395. The molecule has 2 unspecified atom stereocenters. The summed E-state index contributed by atoms with van der Waals surface area (Å²) in [6, 6.07) is 0. The SMILES string of the molecule is CCCC(O)CCCCCCCCCCCCCCCC(C)S(=O)(=O)O. The van der Waals surface area contributed by atoms with Gasteiger partial charge in [0.2, 0.25) is 0 Å². The van der Waals surface area contributed by atoms with Crippen molar-refractivity contribution in [2.75, 3.05) is 0 Å². The third-order valence-corrected chi connectivity index (χ3v) is 6.53. The molecule has 0 spiro atoms. The average Bonchev–Trinajstić information content (AvgIpc) is 2.57. The highest BCUT2D eigenvalue weighted by molar-refractivity contribution is 7.86. The summed E-state index contributed by atoms with van der Waals surface area (Å²) in [5.41, 5.74) is 0. The first-order valence-corrected chi connectivity index (χ1v) is 12.5. The van der Waals surface area contributed by atoms with E-state index in [9.17, 15) is 13.5 Å². The monoisotopic (exact) mass is 392 g/mol. The minimum Gasteiger partial charge on any atom is -0.393 e. The highest BCUT2D eigenvalue weighted by atomic mass is 32.2. The summed E-state index contributed by atoms with van der Waals surface area (Å²) in [5.74, 6) is 0. The van der Waals surface area contributed by atoms with Gasteiger partial charge in [-0.1, -0.05) is 96.8 Å². The van der Waals surface area contributed by atoms with Crippen molar-refractivity contribution in [3.63, 3.8) is 0 Å². The number of hydrogen-bond donors (Lipinski definition) is 2. The molecule has 0 rings (SSSR count). The zero-order valence-corrected chi connectivity index (χ0v) is 18.1. The number of hydrogen-bond acceptors (Lipinski definition) is 3. The van der Waals surface area contributed by atoms with Crippen LogP contribution in [0.5, 0.6) is 0 Å². The summed E-state index contributed by atoms with van der Waals surface area (Å²) in [7, 11) is -3.84. The Morgan fingerprint density at radius 2 is 1.00 bits per heavy atom. The molecule has 158 valence electrons. The lowest BCUT2D eigenvalue weighted by atomic mass is 10.0. The van der Waals surface area contributed by atoms with Gasteiger partial charge in [-0.3, -0.25) is 4.55 Å². The normalized spacial score (nSPS) is 14.5. The Morgan fingerprint density at radius 3 is 1.35 bits per heavy atom. The van der Waals surface area contributed by atoms with Crippen LogP contribution in [0.2, 0.25) is 0 Å². The van der Waals surface area contributed by atoms with Gasteiger partial charge in [0.05, 0.1) is 11.4 Å². The molecule has 0 heterocycles. The maximum absolute atomic E-state index is 10.9. The van der Waals surface area contributed by atoms with Crippen molar-refractivity contribution in [1.82, 2.24) is 0 Å². The van der Waals surface area contributed by atoms with Gasteiger partial charge in [0.1, 0.15) is 0 Å². The van der Waals surface area contributed by atoms with E-state index < -0.39 is 15.4 Å². The van der Waals surface area contributed by atoms with Crippen molar-refractivity contribution < 1.29 is 18.1 Å². The molecule has 2 N–H and O–H groups in total. The molecule has 0 aliphatic rings. The van der Waals surface area contributed by atoms with Crippen molar-refractivity contribution >= 4 is 10.1 Å². The Balaban J connectivity index is 3.18. The molecule has 0 radical (unpaired) electrons. The Kier molecular flexibility index (Phi) is 16.9. The summed E-state index contributed by atoms with van der Waals surface area (Å²) in [4.78, 5) is 0. The summed E-state index contributed by atoms with van der Waals surface area (Å²) in [5, 5.41) is 9.04. The van der Waals surface area contributed by atoms with Gasteiger partial charge in [-0.2, -0.15) is 8.42 Å². The molecular weight excluding hydrogens is 348 g/mol. The van der Waals surface area contributed by atoms with Gasteiger partial charge in [-0.15, -0.1) is 0 Å². The van der Waals surface area contributed by atoms with Crippen LogP contribution < -0.4 is 0 Å². The van der Waals surface area contributed by atoms with Crippen molar-refractivity contribution in [2.24, 2.45) is 0 Å². The van der Waals surface area contributed by atoms with Crippen LogP contribution in [0.15, 0.2) is 0 Å². The molecule has 26 heavy (non-hydrogen) atoms. The van der Waals surface area contributed by atoms with E-state index in [2.05, 4.69) is 6.92 Å². The second-order valence-corrected chi connectivity index (χ2v) is 9.78. The van der Waals surface area contributed by atoms with Gasteiger partial charge < -0.3 is 5.11 Å².